The first-order valence-corrected chi connectivity index (χ1v) is 7.22. The van der Waals surface area contributed by atoms with Gasteiger partial charge in [0, 0.05) is 24.0 Å². The fourth-order valence-corrected chi connectivity index (χ4v) is 3.40. The van der Waals surface area contributed by atoms with E-state index in [1.807, 2.05) is 6.07 Å². The quantitative estimate of drug-likeness (QED) is 0.883. The van der Waals surface area contributed by atoms with Crippen molar-refractivity contribution in [1.82, 2.24) is 10.3 Å². The van der Waals surface area contributed by atoms with Gasteiger partial charge in [-0.3, -0.25) is 0 Å². The molecule has 3 heterocycles. The number of hydrogen-bond acceptors (Lipinski definition) is 3. The molecule has 0 radical (unpaired) electrons. The van der Waals surface area contributed by atoms with Crippen LogP contribution in [0.15, 0.2) is 36.4 Å². The first kappa shape index (κ1) is 11.2. The third-order valence-corrected chi connectivity index (χ3v) is 4.45. The molecular weight excluding hydrogens is 234 g/mol. The predicted molar refractivity (Wildman–Crippen MR) is 78.3 cm³/mol. The average Bonchev–Trinajstić information content (AvgIpc) is 2.44. The van der Waals surface area contributed by atoms with Gasteiger partial charge in [0.25, 0.3) is 0 Å². The lowest BCUT2D eigenvalue weighted by atomic mass is 9.72. The van der Waals surface area contributed by atoms with Crippen LogP contribution in [-0.4, -0.2) is 23.6 Å². The molecule has 1 aromatic heterocycles. The second kappa shape index (κ2) is 4.49. The largest absolute Gasteiger partial charge is 0.368 e. The van der Waals surface area contributed by atoms with Crippen molar-refractivity contribution in [2.45, 2.75) is 31.3 Å². The number of anilines is 1. The Morgan fingerprint density at radius 3 is 2.84 bits per heavy atom. The Labute approximate surface area is 113 Å². The van der Waals surface area contributed by atoms with Crippen LogP contribution in [0.4, 0.5) is 5.82 Å². The van der Waals surface area contributed by atoms with Crippen LogP contribution in [-0.2, 0) is 0 Å². The van der Waals surface area contributed by atoms with E-state index < -0.39 is 0 Å². The molecule has 2 aromatic rings. The second-order valence-electron chi connectivity index (χ2n) is 5.90. The summed E-state index contributed by atoms with van der Waals surface area (Å²) in [6.07, 6.45) is 4.10. The van der Waals surface area contributed by atoms with Crippen molar-refractivity contribution in [3.05, 3.63) is 36.4 Å². The van der Waals surface area contributed by atoms with Crippen LogP contribution in [0.2, 0.25) is 0 Å². The fourth-order valence-electron chi connectivity index (χ4n) is 3.40. The number of rotatable bonds is 3. The minimum Gasteiger partial charge on any atom is -0.368 e. The number of para-hydroxylation sites is 1. The Kier molecular flexibility index (Phi) is 2.66. The standard InChI is InChI=1S/C16H19N3/c1-2-4-15-12(3-1)5-6-16(19-15)17-10-14-9-11-7-13(8-11)18-14/h1-6,11,13-14,18H,7-10H2,(H,17,19). The van der Waals surface area contributed by atoms with E-state index in [1.165, 1.54) is 24.6 Å². The number of nitrogens with zero attached hydrogens (tertiary/aromatic N) is 1. The van der Waals surface area contributed by atoms with E-state index in [-0.39, 0.29) is 0 Å². The Balaban J connectivity index is 1.43. The molecule has 2 saturated heterocycles. The van der Waals surface area contributed by atoms with Crippen LogP contribution in [0.5, 0.6) is 0 Å². The molecule has 2 N–H and O–H groups in total. The molecule has 19 heavy (non-hydrogen) atoms. The number of pyridine rings is 1. The van der Waals surface area contributed by atoms with Crippen molar-refractivity contribution >= 4 is 16.7 Å². The molecule has 98 valence electrons. The molecule has 3 nitrogen and oxygen atoms in total. The molecule has 3 heteroatoms. The van der Waals surface area contributed by atoms with Gasteiger partial charge in [0.1, 0.15) is 5.82 Å². The molecule has 3 fully saturated rings. The van der Waals surface area contributed by atoms with Crippen LogP contribution in [0.1, 0.15) is 19.3 Å². The van der Waals surface area contributed by atoms with Crippen LogP contribution in [0, 0.1) is 5.92 Å². The van der Waals surface area contributed by atoms with E-state index in [4.69, 9.17) is 0 Å². The van der Waals surface area contributed by atoms with Crippen LogP contribution in [0.25, 0.3) is 10.9 Å². The first-order chi connectivity index (χ1) is 9.37. The van der Waals surface area contributed by atoms with Gasteiger partial charge in [-0.15, -0.1) is 0 Å². The van der Waals surface area contributed by atoms with E-state index >= 15 is 0 Å². The molecule has 3 aliphatic rings. The normalized spacial score (nSPS) is 28.9. The Hall–Kier alpha value is -1.61. The molecular formula is C16H19N3. The van der Waals surface area contributed by atoms with Crippen LogP contribution < -0.4 is 10.6 Å². The zero-order valence-corrected chi connectivity index (χ0v) is 11.0. The Morgan fingerprint density at radius 2 is 2.00 bits per heavy atom. The van der Waals surface area contributed by atoms with Crippen molar-refractivity contribution in [2.75, 3.05) is 11.9 Å². The molecule has 2 aliphatic heterocycles. The summed E-state index contributed by atoms with van der Waals surface area (Å²) in [7, 11) is 0. The third kappa shape index (κ3) is 2.19. The molecule has 1 aliphatic carbocycles. The summed E-state index contributed by atoms with van der Waals surface area (Å²) in [5, 5.41) is 8.37. The highest BCUT2D eigenvalue weighted by atomic mass is 15.1. The molecule has 1 atom stereocenters. The van der Waals surface area contributed by atoms with Crippen molar-refractivity contribution in [3.8, 4) is 0 Å². The van der Waals surface area contributed by atoms with E-state index in [2.05, 4.69) is 45.9 Å². The second-order valence-corrected chi connectivity index (χ2v) is 5.90. The number of fused-ring (bicyclic) bond motifs is 3. The number of nitrogens with one attached hydrogen (secondary N) is 2. The van der Waals surface area contributed by atoms with E-state index in [0.29, 0.717) is 6.04 Å². The molecule has 1 aromatic carbocycles. The summed E-state index contributed by atoms with van der Waals surface area (Å²) >= 11 is 0. The zero-order chi connectivity index (χ0) is 12.7. The lowest BCUT2D eigenvalue weighted by Gasteiger charge is -2.46. The van der Waals surface area contributed by atoms with Crippen LogP contribution >= 0.6 is 0 Å². The minimum atomic E-state index is 0.616. The van der Waals surface area contributed by atoms with E-state index in [1.54, 1.807) is 0 Å². The number of benzene rings is 1. The van der Waals surface area contributed by atoms with Gasteiger partial charge in [0.15, 0.2) is 0 Å². The lowest BCUT2D eigenvalue weighted by molar-refractivity contribution is 0.121. The SMILES string of the molecule is c1ccc2nc(NCC3CC4CC(C4)N3)ccc2c1. The molecule has 5 rings (SSSR count). The average molecular weight is 253 g/mol. The smallest absolute Gasteiger partial charge is 0.126 e. The van der Waals surface area contributed by atoms with Crippen molar-refractivity contribution in [1.29, 1.82) is 0 Å². The van der Waals surface area contributed by atoms with Gasteiger partial charge in [0.2, 0.25) is 0 Å². The van der Waals surface area contributed by atoms with Gasteiger partial charge < -0.3 is 10.6 Å². The van der Waals surface area contributed by atoms with Gasteiger partial charge in [-0.2, -0.15) is 0 Å². The summed E-state index contributed by atoms with van der Waals surface area (Å²) in [5.74, 6) is 1.96. The summed E-state index contributed by atoms with van der Waals surface area (Å²) < 4.78 is 0. The highest BCUT2D eigenvalue weighted by molar-refractivity contribution is 5.80. The van der Waals surface area contributed by atoms with Crippen LogP contribution in [0.3, 0.4) is 0 Å². The van der Waals surface area contributed by atoms with Crippen molar-refractivity contribution < 1.29 is 0 Å². The van der Waals surface area contributed by atoms with Crippen molar-refractivity contribution in [2.24, 2.45) is 5.92 Å². The van der Waals surface area contributed by atoms with Crippen molar-refractivity contribution in [3.63, 3.8) is 0 Å². The summed E-state index contributed by atoms with van der Waals surface area (Å²) in [5.41, 5.74) is 1.06. The molecule has 0 spiro atoms. The fraction of sp³-hybridized carbons (Fsp3) is 0.438. The van der Waals surface area contributed by atoms with Gasteiger partial charge in [-0.1, -0.05) is 18.2 Å². The third-order valence-electron chi connectivity index (χ3n) is 4.45. The van der Waals surface area contributed by atoms with E-state index in [0.717, 1.165) is 29.8 Å². The van der Waals surface area contributed by atoms with Gasteiger partial charge in [-0.05, 0) is 43.4 Å². The molecule has 1 saturated carbocycles. The number of piperidine rings is 2. The highest BCUT2D eigenvalue weighted by Gasteiger charge is 2.37. The topological polar surface area (TPSA) is 37.0 Å². The maximum Gasteiger partial charge on any atom is 0.126 e. The monoisotopic (exact) mass is 253 g/mol. The minimum absolute atomic E-state index is 0.616. The lowest BCUT2D eigenvalue weighted by Crippen LogP contribution is -2.56. The number of hydrogen-bond donors (Lipinski definition) is 2. The van der Waals surface area contributed by atoms with Gasteiger partial charge in [-0.25, -0.2) is 4.98 Å². The van der Waals surface area contributed by atoms with Gasteiger partial charge >= 0.3 is 0 Å². The maximum absolute atomic E-state index is 4.65. The Morgan fingerprint density at radius 1 is 1.11 bits per heavy atom. The predicted octanol–water partition coefficient (Wildman–Crippen LogP) is 2.79. The summed E-state index contributed by atoms with van der Waals surface area (Å²) in [6.45, 7) is 0.984. The molecule has 1 unspecified atom stereocenters. The molecule has 0 amide bonds. The maximum atomic E-state index is 4.65. The number of aromatic nitrogens is 1. The zero-order valence-electron chi connectivity index (χ0n) is 11.0. The van der Waals surface area contributed by atoms with Gasteiger partial charge in [0.05, 0.1) is 5.52 Å². The van der Waals surface area contributed by atoms with E-state index in [9.17, 15) is 0 Å². The Bertz CT molecular complexity index is 579. The first-order valence-electron chi connectivity index (χ1n) is 7.22. The summed E-state index contributed by atoms with van der Waals surface area (Å²) in [6, 6.07) is 13.9. The summed E-state index contributed by atoms with van der Waals surface area (Å²) in [4.78, 5) is 4.65. The highest BCUT2D eigenvalue weighted by Crippen LogP contribution is 2.36. The molecule has 2 bridgehead atoms.